The summed E-state index contributed by atoms with van der Waals surface area (Å²) < 4.78 is 66.2. The van der Waals surface area contributed by atoms with Crippen molar-refractivity contribution in [2.24, 2.45) is 5.92 Å². The number of alkyl halides is 2. The van der Waals surface area contributed by atoms with Crippen LogP contribution in [-0.2, 0) is 9.59 Å². The summed E-state index contributed by atoms with van der Waals surface area (Å²) in [7, 11) is 0. The van der Waals surface area contributed by atoms with Crippen LogP contribution in [0.2, 0.25) is 0 Å². The van der Waals surface area contributed by atoms with E-state index < -0.39 is 47.3 Å². The fourth-order valence-corrected chi connectivity index (χ4v) is 3.32. The number of amides is 2. The molecule has 0 aliphatic carbocycles. The Bertz CT molecular complexity index is 935. The van der Waals surface area contributed by atoms with E-state index in [1.54, 1.807) is 6.07 Å². The standard InChI is InChI=1S/C20H17F5N2O2/c21-14-4-5-15(17(23)16(14)22)27-20(29)13-9-11(6-7-26-19(13)28)10-2-1-3-12(8-10)18(24)25/h1-5,8,11,13,18H,6-7,9H2,(H,26,28)(H,27,29). The van der Waals surface area contributed by atoms with Gasteiger partial charge >= 0.3 is 0 Å². The summed E-state index contributed by atoms with van der Waals surface area (Å²) in [6.07, 6.45) is -2.24. The van der Waals surface area contributed by atoms with Crippen molar-refractivity contribution in [2.75, 3.05) is 11.9 Å². The summed E-state index contributed by atoms with van der Waals surface area (Å²) in [5.41, 5.74) is -0.214. The fourth-order valence-electron chi connectivity index (χ4n) is 3.32. The number of nitrogens with one attached hydrogen (secondary N) is 2. The van der Waals surface area contributed by atoms with Gasteiger partial charge in [-0.05, 0) is 42.5 Å². The van der Waals surface area contributed by atoms with Crippen LogP contribution in [0.1, 0.15) is 36.3 Å². The molecule has 3 rings (SSSR count). The van der Waals surface area contributed by atoms with Crippen LogP contribution < -0.4 is 10.6 Å². The maximum atomic E-state index is 13.8. The SMILES string of the molecule is O=C1NCCC(c2cccc(C(F)F)c2)CC1C(=O)Nc1ccc(F)c(F)c1F. The maximum absolute atomic E-state index is 13.8. The number of benzene rings is 2. The number of carbonyl (C=O) groups is 2. The Hall–Kier alpha value is -2.97. The van der Waals surface area contributed by atoms with Gasteiger partial charge in [0, 0.05) is 12.1 Å². The second-order valence-electron chi connectivity index (χ2n) is 6.75. The van der Waals surface area contributed by atoms with Gasteiger partial charge in [-0.15, -0.1) is 0 Å². The minimum Gasteiger partial charge on any atom is -0.355 e. The molecule has 2 aromatic rings. The second kappa shape index (κ2) is 8.59. The third-order valence-corrected chi connectivity index (χ3v) is 4.87. The molecule has 1 saturated heterocycles. The molecule has 0 radical (unpaired) electrons. The number of hydrogen-bond donors (Lipinski definition) is 2. The highest BCUT2D eigenvalue weighted by atomic mass is 19.3. The van der Waals surface area contributed by atoms with Crippen molar-refractivity contribution in [1.29, 1.82) is 0 Å². The summed E-state index contributed by atoms with van der Waals surface area (Å²) in [6, 6.07) is 7.22. The van der Waals surface area contributed by atoms with Crippen LogP contribution in [0, 0.1) is 23.4 Å². The molecule has 2 amide bonds. The molecular weight excluding hydrogens is 395 g/mol. The van der Waals surface area contributed by atoms with E-state index in [0.717, 1.165) is 6.07 Å². The van der Waals surface area contributed by atoms with E-state index in [4.69, 9.17) is 0 Å². The van der Waals surface area contributed by atoms with Crippen molar-refractivity contribution in [1.82, 2.24) is 5.32 Å². The lowest BCUT2D eigenvalue weighted by atomic mass is 9.86. The molecule has 0 bridgehead atoms. The molecule has 1 fully saturated rings. The monoisotopic (exact) mass is 412 g/mol. The Kier molecular flexibility index (Phi) is 6.14. The van der Waals surface area contributed by atoms with Gasteiger partial charge < -0.3 is 10.6 Å². The first-order valence-electron chi connectivity index (χ1n) is 8.88. The first-order chi connectivity index (χ1) is 13.8. The van der Waals surface area contributed by atoms with Gasteiger partial charge in [-0.3, -0.25) is 9.59 Å². The first-order valence-corrected chi connectivity index (χ1v) is 8.88. The summed E-state index contributed by atoms with van der Waals surface area (Å²) in [4.78, 5) is 24.8. The summed E-state index contributed by atoms with van der Waals surface area (Å²) in [6.45, 7) is 0.228. The lowest BCUT2D eigenvalue weighted by Crippen LogP contribution is -2.37. The van der Waals surface area contributed by atoms with Crippen LogP contribution in [0.5, 0.6) is 0 Å². The zero-order valence-corrected chi connectivity index (χ0v) is 15.0. The van der Waals surface area contributed by atoms with E-state index >= 15 is 0 Å². The van der Waals surface area contributed by atoms with Crippen LogP contribution in [0.4, 0.5) is 27.6 Å². The number of halogens is 5. The van der Waals surface area contributed by atoms with Gasteiger partial charge in [0.25, 0.3) is 6.43 Å². The van der Waals surface area contributed by atoms with Crippen molar-refractivity contribution in [3.05, 3.63) is 65.0 Å². The largest absolute Gasteiger partial charge is 0.355 e. The number of rotatable bonds is 4. The summed E-state index contributed by atoms with van der Waals surface area (Å²) >= 11 is 0. The molecule has 4 nitrogen and oxygen atoms in total. The zero-order valence-electron chi connectivity index (χ0n) is 15.0. The Morgan fingerprint density at radius 1 is 1.10 bits per heavy atom. The van der Waals surface area contributed by atoms with Gasteiger partial charge in [-0.2, -0.15) is 0 Å². The Labute approximate surface area is 163 Å². The predicted molar refractivity (Wildman–Crippen MR) is 94.8 cm³/mol. The normalized spacial score (nSPS) is 19.6. The van der Waals surface area contributed by atoms with Crippen LogP contribution >= 0.6 is 0 Å². The summed E-state index contributed by atoms with van der Waals surface area (Å²) in [5, 5.41) is 4.66. The Morgan fingerprint density at radius 3 is 2.59 bits per heavy atom. The quantitative estimate of drug-likeness (QED) is 0.447. The van der Waals surface area contributed by atoms with Crippen molar-refractivity contribution in [3.8, 4) is 0 Å². The third-order valence-electron chi connectivity index (χ3n) is 4.87. The van der Waals surface area contributed by atoms with Gasteiger partial charge in [0.15, 0.2) is 17.5 Å². The van der Waals surface area contributed by atoms with E-state index in [0.29, 0.717) is 18.1 Å². The molecular formula is C20H17F5N2O2. The van der Waals surface area contributed by atoms with Crippen molar-refractivity contribution in [3.63, 3.8) is 0 Å². The molecule has 1 aliphatic rings. The van der Waals surface area contributed by atoms with E-state index in [2.05, 4.69) is 10.6 Å². The minimum absolute atomic E-state index is 0.00431. The average molecular weight is 412 g/mol. The molecule has 0 saturated carbocycles. The molecule has 1 heterocycles. The van der Waals surface area contributed by atoms with E-state index in [1.807, 2.05) is 0 Å². The maximum Gasteiger partial charge on any atom is 0.263 e. The van der Waals surface area contributed by atoms with Crippen LogP contribution in [0.15, 0.2) is 36.4 Å². The summed E-state index contributed by atoms with van der Waals surface area (Å²) in [5.74, 6) is -7.87. The van der Waals surface area contributed by atoms with E-state index in [9.17, 15) is 31.5 Å². The van der Waals surface area contributed by atoms with Crippen LogP contribution in [0.25, 0.3) is 0 Å². The molecule has 2 unspecified atom stereocenters. The highest BCUT2D eigenvalue weighted by molar-refractivity contribution is 6.06. The van der Waals surface area contributed by atoms with E-state index in [-0.39, 0.29) is 24.4 Å². The van der Waals surface area contributed by atoms with Gasteiger partial charge in [0.2, 0.25) is 11.8 Å². The van der Waals surface area contributed by atoms with Gasteiger partial charge in [0.1, 0.15) is 5.92 Å². The lowest BCUT2D eigenvalue weighted by molar-refractivity contribution is -0.132. The first kappa shape index (κ1) is 20.8. The van der Waals surface area contributed by atoms with Crippen molar-refractivity contribution >= 4 is 17.5 Å². The van der Waals surface area contributed by atoms with Crippen molar-refractivity contribution in [2.45, 2.75) is 25.2 Å². The molecule has 1 aliphatic heterocycles. The molecule has 154 valence electrons. The average Bonchev–Trinajstić information content (AvgIpc) is 2.90. The molecule has 0 aromatic heterocycles. The zero-order chi connectivity index (χ0) is 21.1. The molecule has 9 heteroatoms. The van der Waals surface area contributed by atoms with Gasteiger partial charge in [-0.1, -0.05) is 18.2 Å². The number of carbonyl (C=O) groups excluding carboxylic acids is 2. The number of hydrogen-bond acceptors (Lipinski definition) is 2. The highest BCUT2D eigenvalue weighted by Gasteiger charge is 2.33. The van der Waals surface area contributed by atoms with Crippen molar-refractivity contribution < 1.29 is 31.5 Å². The Morgan fingerprint density at radius 2 is 1.86 bits per heavy atom. The molecule has 2 aromatic carbocycles. The molecule has 2 atom stereocenters. The van der Waals surface area contributed by atoms with Crippen LogP contribution in [0.3, 0.4) is 0 Å². The highest BCUT2D eigenvalue weighted by Crippen LogP contribution is 2.32. The minimum atomic E-state index is -2.66. The smallest absolute Gasteiger partial charge is 0.263 e. The Balaban J connectivity index is 1.82. The van der Waals surface area contributed by atoms with Gasteiger partial charge in [-0.25, -0.2) is 22.0 Å². The molecule has 0 spiro atoms. The topological polar surface area (TPSA) is 58.2 Å². The van der Waals surface area contributed by atoms with E-state index in [1.165, 1.54) is 18.2 Å². The van der Waals surface area contributed by atoms with Gasteiger partial charge in [0.05, 0.1) is 5.69 Å². The predicted octanol–water partition coefficient (Wildman–Crippen LogP) is 4.29. The molecule has 2 N–H and O–H groups in total. The second-order valence-corrected chi connectivity index (χ2v) is 6.75. The van der Waals surface area contributed by atoms with Crippen LogP contribution in [-0.4, -0.2) is 18.4 Å². The third kappa shape index (κ3) is 4.55. The number of anilines is 1. The lowest BCUT2D eigenvalue weighted by Gasteiger charge is -2.19. The fraction of sp³-hybridized carbons (Fsp3) is 0.300. The molecule has 29 heavy (non-hydrogen) atoms.